The lowest BCUT2D eigenvalue weighted by atomic mass is 10.5. The predicted molar refractivity (Wildman–Crippen MR) is 34.5 cm³/mol. The molecule has 11 heavy (non-hydrogen) atoms. The van der Waals surface area contributed by atoms with Crippen molar-refractivity contribution in [2.45, 2.75) is 0 Å². The highest BCUT2D eigenvalue weighted by molar-refractivity contribution is 5.71. The van der Waals surface area contributed by atoms with E-state index in [0.29, 0.717) is 4.73 Å². The van der Waals surface area contributed by atoms with Crippen molar-refractivity contribution in [3.8, 4) is 5.88 Å². The van der Waals surface area contributed by atoms with E-state index >= 15 is 0 Å². The molecule has 0 radical (unpaired) electrons. The van der Waals surface area contributed by atoms with Crippen LogP contribution in [0.2, 0.25) is 0 Å². The number of fused-ring (bicyclic) bond motifs is 1. The van der Waals surface area contributed by atoms with E-state index in [1.165, 1.54) is 0 Å². The molecule has 0 aromatic carbocycles. The summed E-state index contributed by atoms with van der Waals surface area (Å²) in [5, 5.41) is 19.9. The lowest BCUT2D eigenvalue weighted by Gasteiger charge is -1.93. The summed E-state index contributed by atoms with van der Waals surface area (Å²) in [7, 11) is 0. The zero-order valence-corrected chi connectivity index (χ0v) is 5.35. The van der Waals surface area contributed by atoms with Crippen LogP contribution >= 0.6 is 0 Å². The molecule has 0 atom stereocenters. The highest BCUT2D eigenvalue weighted by Crippen LogP contribution is 2.12. The molecule has 0 unspecified atom stereocenters. The Labute approximate surface area is 60.7 Å². The van der Waals surface area contributed by atoms with Crippen LogP contribution in [0.1, 0.15) is 0 Å². The maximum absolute atomic E-state index is 10.8. The van der Waals surface area contributed by atoms with Gasteiger partial charge in [0.1, 0.15) is 0 Å². The summed E-state index contributed by atoms with van der Waals surface area (Å²) in [6.45, 7) is 0. The van der Waals surface area contributed by atoms with Crippen LogP contribution in [-0.4, -0.2) is 20.1 Å². The molecule has 0 amide bonds. The number of nitrogens with one attached hydrogen (secondary N) is 1. The number of imidazole rings is 1. The Morgan fingerprint density at radius 3 is 3.09 bits per heavy atom. The van der Waals surface area contributed by atoms with Crippen LogP contribution in [-0.2, 0) is 0 Å². The van der Waals surface area contributed by atoms with Gasteiger partial charge in [0.15, 0.2) is 12.7 Å². The third-order valence-electron chi connectivity index (χ3n) is 1.34. The van der Waals surface area contributed by atoms with Gasteiger partial charge in [0.05, 0.1) is 0 Å². The molecule has 0 spiro atoms. The molecule has 0 aliphatic rings. The van der Waals surface area contributed by atoms with Crippen LogP contribution in [0.5, 0.6) is 5.88 Å². The first-order valence-electron chi connectivity index (χ1n) is 2.89. The molecule has 0 saturated heterocycles. The van der Waals surface area contributed by atoms with E-state index in [0.717, 1.165) is 12.7 Å². The van der Waals surface area contributed by atoms with E-state index < -0.39 is 0 Å². The highest BCUT2D eigenvalue weighted by Gasteiger charge is 2.10. The van der Waals surface area contributed by atoms with Crippen molar-refractivity contribution in [2.24, 2.45) is 0 Å². The fraction of sp³-hybridized carbons (Fsp3) is 0. The molecule has 2 aromatic heterocycles. The molecule has 0 bridgehead atoms. The molecule has 2 aromatic rings. The maximum Gasteiger partial charge on any atom is 0.309 e. The Morgan fingerprint density at radius 1 is 1.55 bits per heavy atom. The van der Waals surface area contributed by atoms with Gasteiger partial charge in [-0.2, -0.15) is 4.98 Å². The number of aromatic amines is 1. The second-order valence-corrected chi connectivity index (χ2v) is 2.00. The first kappa shape index (κ1) is 5.90. The second-order valence-electron chi connectivity index (χ2n) is 2.00. The van der Waals surface area contributed by atoms with Gasteiger partial charge < -0.3 is 10.3 Å². The summed E-state index contributed by atoms with van der Waals surface area (Å²) in [4.78, 5) is 9.66. The summed E-state index contributed by atoms with van der Waals surface area (Å²) in [6.07, 6.45) is 2.28. The molecule has 2 N–H and O–H groups in total. The Bertz CT molecular complexity index is 396. The largest absolute Gasteiger partial charge is 0.740 e. The van der Waals surface area contributed by atoms with Crippen molar-refractivity contribution in [3.63, 3.8) is 0 Å². The van der Waals surface area contributed by atoms with E-state index in [1.807, 2.05) is 0 Å². The molecule has 2 rings (SSSR count). The Balaban J connectivity index is 2.94. The number of nitrogens with zero attached hydrogens (tertiary/aromatic N) is 3. The van der Waals surface area contributed by atoms with Gasteiger partial charge >= 0.3 is 5.65 Å². The number of aromatic nitrogens is 4. The highest BCUT2D eigenvalue weighted by atomic mass is 16.5. The number of hydrogen-bond donors (Lipinski definition) is 2. The van der Waals surface area contributed by atoms with E-state index in [9.17, 15) is 5.21 Å². The van der Waals surface area contributed by atoms with Crippen LogP contribution in [0.3, 0.4) is 0 Å². The molecular formula is C5H4N4O2. The first-order chi connectivity index (χ1) is 5.29. The minimum Gasteiger partial charge on any atom is -0.740 e. The number of H-pyrrole nitrogens is 1. The zero-order chi connectivity index (χ0) is 7.84. The zero-order valence-electron chi connectivity index (χ0n) is 5.35. The normalized spacial score (nSPS) is 10.5. The number of hydrogen-bond acceptors (Lipinski definition) is 4. The van der Waals surface area contributed by atoms with Crippen molar-refractivity contribution >= 4 is 11.2 Å². The van der Waals surface area contributed by atoms with Crippen molar-refractivity contribution < 1.29 is 9.84 Å². The topological polar surface area (TPSA) is 88.7 Å². The van der Waals surface area contributed by atoms with Gasteiger partial charge in [-0.05, 0) is 0 Å². The SMILES string of the molecule is [O-][n+]1c[nH]c2c(O)ncnc21. The van der Waals surface area contributed by atoms with Gasteiger partial charge in [0.2, 0.25) is 5.52 Å². The first-order valence-corrected chi connectivity index (χ1v) is 2.89. The molecule has 0 fully saturated rings. The van der Waals surface area contributed by atoms with Crippen molar-refractivity contribution in [1.82, 2.24) is 15.0 Å². The lowest BCUT2D eigenvalue weighted by Crippen LogP contribution is -2.23. The Kier molecular flexibility index (Phi) is 0.974. The minimum absolute atomic E-state index is 0.137. The molecule has 0 aliphatic carbocycles. The smallest absolute Gasteiger partial charge is 0.309 e. The quantitative estimate of drug-likeness (QED) is 0.385. The van der Waals surface area contributed by atoms with E-state index in [1.54, 1.807) is 0 Å². The van der Waals surface area contributed by atoms with Crippen molar-refractivity contribution in [3.05, 3.63) is 17.9 Å². The number of aromatic hydroxyl groups is 1. The summed E-state index contributed by atoms with van der Waals surface area (Å²) in [5.41, 5.74) is 0.389. The molecule has 0 aliphatic heterocycles. The summed E-state index contributed by atoms with van der Waals surface area (Å²) in [6, 6.07) is 0. The fourth-order valence-corrected chi connectivity index (χ4v) is 0.848. The van der Waals surface area contributed by atoms with E-state index in [4.69, 9.17) is 5.11 Å². The van der Waals surface area contributed by atoms with Gasteiger partial charge in [-0.3, -0.25) is 4.98 Å². The second kappa shape index (κ2) is 1.82. The van der Waals surface area contributed by atoms with E-state index in [2.05, 4.69) is 15.0 Å². The minimum atomic E-state index is -0.218. The Hall–Kier alpha value is -1.85. The molecule has 6 nitrogen and oxygen atoms in total. The molecule has 0 saturated carbocycles. The van der Waals surface area contributed by atoms with Crippen LogP contribution < -0.4 is 4.73 Å². The standard InChI is InChI=1S/C5H4N4O2/c10-5-3-4(6-1-7-5)9(11)2-8-3/h1-2,8H,(H,6,7,10). The fourth-order valence-electron chi connectivity index (χ4n) is 0.848. The molecule has 56 valence electrons. The summed E-state index contributed by atoms with van der Waals surface area (Å²) < 4.78 is 0.525. The van der Waals surface area contributed by atoms with E-state index in [-0.39, 0.29) is 17.0 Å². The monoisotopic (exact) mass is 152 g/mol. The van der Waals surface area contributed by atoms with Gasteiger partial charge in [0.25, 0.3) is 5.88 Å². The lowest BCUT2D eigenvalue weighted by molar-refractivity contribution is -0.578. The third-order valence-corrected chi connectivity index (χ3v) is 1.34. The molecular weight excluding hydrogens is 148 g/mol. The Morgan fingerprint density at radius 2 is 2.36 bits per heavy atom. The van der Waals surface area contributed by atoms with Crippen LogP contribution in [0.25, 0.3) is 11.2 Å². The average molecular weight is 152 g/mol. The molecule has 2 heterocycles. The molecule has 6 heteroatoms. The number of rotatable bonds is 0. The van der Waals surface area contributed by atoms with Crippen molar-refractivity contribution in [2.75, 3.05) is 0 Å². The van der Waals surface area contributed by atoms with Gasteiger partial charge in [0, 0.05) is 0 Å². The average Bonchev–Trinajstić information content (AvgIpc) is 2.35. The third kappa shape index (κ3) is 0.689. The maximum atomic E-state index is 10.8. The van der Waals surface area contributed by atoms with Crippen LogP contribution in [0, 0.1) is 5.21 Å². The van der Waals surface area contributed by atoms with Gasteiger partial charge in [-0.25, -0.2) is 4.73 Å². The van der Waals surface area contributed by atoms with Gasteiger partial charge in [-0.15, -0.1) is 0 Å². The van der Waals surface area contributed by atoms with Crippen molar-refractivity contribution in [1.29, 1.82) is 0 Å². The van der Waals surface area contributed by atoms with Crippen LogP contribution in [0.15, 0.2) is 12.7 Å². The van der Waals surface area contributed by atoms with Gasteiger partial charge in [-0.1, -0.05) is 4.98 Å². The predicted octanol–water partition coefficient (Wildman–Crippen LogP) is -0.703. The summed E-state index contributed by atoms with van der Waals surface area (Å²) in [5.74, 6) is -0.218. The summed E-state index contributed by atoms with van der Waals surface area (Å²) >= 11 is 0. The van der Waals surface area contributed by atoms with Crippen LogP contribution in [0.4, 0.5) is 0 Å².